The van der Waals surface area contributed by atoms with Crippen LogP contribution >= 0.6 is 11.3 Å². The van der Waals surface area contributed by atoms with E-state index in [1.165, 1.54) is 42.0 Å². The molecule has 0 atom stereocenters. The molecular weight excluding hydrogens is 645 g/mol. The van der Waals surface area contributed by atoms with Crippen LogP contribution in [0.15, 0.2) is 162 Å². The number of hydrogen-bond acceptors (Lipinski definition) is 5. The van der Waals surface area contributed by atoms with Gasteiger partial charge in [-0.3, -0.25) is 0 Å². The molecule has 0 saturated carbocycles. The SMILES string of the molecule is c1ccc(-c2nc(-c3ccccc3)nc(-c3cccc4oc5ccc(-n6c7ccccc7c7ccc8c9ccccc9sc8c76)cc5c34)n2)cc1. The average Bonchev–Trinajstić information content (AvgIpc) is 3.88. The van der Waals surface area contributed by atoms with Gasteiger partial charge in [0.25, 0.3) is 0 Å². The number of hydrogen-bond donors (Lipinski definition) is 0. The molecule has 7 aromatic carbocycles. The Morgan fingerprint density at radius 2 is 1.14 bits per heavy atom. The van der Waals surface area contributed by atoms with Crippen LogP contribution in [0.4, 0.5) is 0 Å². The first-order valence-electron chi connectivity index (χ1n) is 16.9. The minimum absolute atomic E-state index is 0.602. The van der Waals surface area contributed by atoms with E-state index in [0.29, 0.717) is 17.5 Å². The second-order valence-corrected chi connectivity index (χ2v) is 13.8. The standard InChI is InChI=1S/C45H26N4OS/c1-3-12-27(13-4-1)43-46-44(28-14-5-2-6-15-28)48-45(47-43)34-18-11-20-38-40(34)35-26-29(22-25-37(35)50-38)49-36-19-9-7-16-30(36)32-23-24-33-31-17-8-10-21-39(31)51-42(33)41(32)49/h1-26H. The fourth-order valence-corrected chi connectivity index (χ4v) is 8.81. The molecule has 0 aliphatic carbocycles. The van der Waals surface area contributed by atoms with Crippen molar-refractivity contribution in [1.82, 2.24) is 19.5 Å². The molecule has 238 valence electrons. The summed E-state index contributed by atoms with van der Waals surface area (Å²) in [7, 11) is 0. The minimum atomic E-state index is 0.602. The number of aromatic nitrogens is 4. The first kappa shape index (κ1) is 28.2. The van der Waals surface area contributed by atoms with E-state index in [1.54, 1.807) is 0 Å². The highest BCUT2D eigenvalue weighted by atomic mass is 32.1. The third-order valence-corrected chi connectivity index (χ3v) is 11.0. The van der Waals surface area contributed by atoms with Gasteiger partial charge in [-0.05, 0) is 36.4 Å². The molecule has 0 spiro atoms. The van der Waals surface area contributed by atoms with Gasteiger partial charge in [-0.15, -0.1) is 11.3 Å². The van der Waals surface area contributed by atoms with E-state index in [0.717, 1.165) is 44.3 Å². The van der Waals surface area contributed by atoms with Crippen LogP contribution < -0.4 is 0 Å². The summed E-state index contributed by atoms with van der Waals surface area (Å²) < 4.78 is 11.5. The molecule has 0 radical (unpaired) electrons. The lowest BCUT2D eigenvalue weighted by Crippen LogP contribution is -2.00. The monoisotopic (exact) mass is 670 g/mol. The number of fused-ring (bicyclic) bond motifs is 10. The molecule has 0 aliphatic heterocycles. The van der Waals surface area contributed by atoms with Crippen LogP contribution in [-0.2, 0) is 0 Å². The van der Waals surface area contributed by atoms with Crippen LogP contribution in [0.5, 0.6) is 0 Å². The van der Waals surface area contributed by atoms with Crippen LogP contribution in [0, 0.1) is 0 Å². The molecule has 0 unspecified atom stereocenters. The van der Waals surface area contributed by atoms with Crippen molar-refractivity contribution in [3.05, 3.63) is 158 Å². The van der Waals surface area contributed by atoms with Crippen LogP contribution in [0.3, 0.4) is 0 Å². The maximum Gasteiger partial charge on any atom is 0.164 e. The second-order valence-electron chi connectivity index (χ2n) is 12.8. The molecule has 11 rings (SSSR count). The molecule has 0 aliphatic rings. The van der Waals surface area contributed by atoms with Crippen molar-refractivity contribution in [1.29, 1.82) is 0 Å². The molecular formula is C45H26N4OS. The molecule has 51 heavy (non-hydrogen) atoms. The van der Waals surface area contributed by atoms with Crippen molar-refractivity contribution < 1.29 is 4.42 Å². The molecule has 4 aromatic heterocycles. The van der Waals surface area contributed by atoms with Crippen molar-refractivity contribution in [2.24, 2.45) is 0 Å². The number of para-hydroxylation sites is 1. The Kier molecular flexibility index (Phi) is 6.05. The van der Waals surface area contributed by atoms with Crippen LogP contribution in [0.1, 0.15) is 0 Å². The topological polar surface area (TPSA) is 56.7 Å². The molecule has 0 saturated heterocycles. The quantitative estimate of drug-likeness (QED) is 0.187. The number of thiophene rings is 1. The van der Waals surface area contributed by atoms with Crippen molar-refractivity contribution in [2.75, 3.05) is 0 Å². The van der Waals surface area contributed by atoms with Gasteiger partial charge in [-0.2, -0.15) is 0 Å². The van der Waals surface area contributed by atoms with Gasteiger partial charge >= 0.3 is 0 Å². The highest BCUT2D eigenvalue weighted by molar-refractivity contribution is 7.26. The smallest absolute Gasteiger partial charge is 0.164 e. The second kappa shape index (κ2) is 10.9. The van der Waals surface area contributed by atoms with Gasteiger partial charge in [0.1, 0.15) is 11.2 Å². The van der Waals surface area contributed by atoms with E-state index >= 15 is 0 Å². The van der Waals surface area contributed by atoms with Crippen molar-refractivity contribution in [3.63, 3.8) is 0 Å². The van der Waals surface area contributed by atoms with Gasteiger partial charge in [-0.25, -0.2) is 15.0 Å². The van der Waals surface area contributed by atoms with Gasteiger partial charge in [-0.1, -0.05) is 121 Å². The highest BCUT2D eigenvalue weighted by Gasteiger charge is 2.21. The zero-order chi connectivity index (χ0) is 33.5. The van der Waals surface area contributed by atoms with Gasteiger partial charge in [0.05, 0.1) is 15.7 Å². The number of rotatable bonds is 4. The Morgan fingerprint density at radius 1 is 0.471 bits per heavy atom. The summed E-state index contributed by atoms with van der Waals surface area (Å²) >= 11 is 1.86. The largest absolute Gasteiger partial charge is 0.456 e. The molecule has 6 heteroatoms. The average molecular weight is 671 g/mol. The molecule has 0 N–H and O–H groups in total. The predicted octanol–water partition coefficient (Wildman–Crippen LogP) is 12.2. The van der Waals surface area contributed by atoms with Crippen LogP contribution in [0.2, 0.25) is 0 Å². The van der Waals surface area contributed by atoms with Gasteiger partial charge in [0.2, 0.25) is 0 Å². The lowest BCUT2D eigenvalue weighted by molar-refractivity contribution is 0.669. The Labute approximate surface area is 295 Å². The Bertz CT molecular complexity index is 3080. The van der Waals surface area contributed by atoms with Gasteiger partial charge in [0.15, 0.2) is 17.5 Å². The fourth-order valence-electron chi connectivity index (χ4n) is 7.57. The lowest BCUT2D eigenvalue weighted by atomic mass is 10.0. The minimum Gasteiger partial charge on any atom is -0.456 e. The van der Waals surface area contributed by atoms with E-state index in [-0.39, 0.29) is 0 Å². The highest BCUT2D eigenvalue weighted by Crippen LogP contribution is 2.44. The molecule has 0 bridgehead atoms. The van der Waals surface area contributed by atoms with E-state index < -0.39 is 0 Å². The van der Waals surface area contributed by atoms with Crippen molar-refractivity contribution in [3.8, 4) is 39.9 Å². The molecule has 5 nitrogen and oxygen atoms in total. The number of furan rings is 1. The normalized spacial score (nSPS) is 11.9. The fraction of sp³-hybridized carbons (Fsp3) is 0. The maximum atomic E-state index is 6.52. The van der Waals surface area contributed by atoms with Crippen LogP contribution in [-0.4, -0.2) is 19.5 Å². The van der Waals surface area contributed by atoms with E-state index in [1.807, 2.05) is 84.1 Å². The Hall–Kier alpha value is -6.63. The first-order chi connectivity index (χ1) is 25.3. The summed E-state index contributed by atoms with van der Waals surface area (Å²) in [6.45, 7) is 0. The Balaban J connectivity index is 1.19. The van der Waals surface area contributed by atoms with E-state index in [4.69, 9.17) is 19.4 Å². The zero-order valence-electron chi connectivity index (χ0n) is 27.1. The van der Waals surface area contributed by atoms with Crippen molar-refractivity contribution >= 4 is 75.3 Å². The number of benzene rings is 7. The molecule has 4 heterocycles. The van der Waals surface area contributed by atoms with Crippen molar-refractivity contribution in [2.45, 2.75) is 0 Å². The number of nitrogens with zero attached hydrogens (tertiary/aromatic N) is 4. The molecule has 0 amide bonds. The van der Waals surface area contributed by atoms with Gasteiger partial charge < -0.3 is 8.98 Å². The summed E-state index contributed by atoms with van der Waals surface area (Å²) in [4.78, 5) is 15.1. The third kappa shape index (κ3) is 4.30. The maximum absolute atomic E-state index is 6.52. The summed E-state index contributed by atoms with van der Waals surface area (Å²) in [6, 6.07) is 54.8. The van der Waals surface area contributed by atoms with E-state index in [9.17, 15) is 0 Å². The first-order valence-corrected chi connectivity index (χ1v) is 17.8. The van der Waals surface area contributed by atoms with Gasteiger partial charge in [0, 0.05) is 59.4 Å². The molecule has 11 aromatic rings. The summed E-state index contributed by atoms with van der Waals surface area (Å²) in [6.07, 6.45) is 0. The van der Waals surface area contributed by atoms with Crippen LogP contribution in [0.25, 0.3) is 104 Å². The zero-order valence-corrected chi connectivity index (χ0v) is 27.9. The summed E-state index contributed by atoms with van der Waals surface area (Å²) in [5, 5.41) is 7.04. The van der Waals surface area contributed by atoms with E-state index in [2.05, 4.69) is 89.5 Å². The predicted molar refractivity (Wildman–Crippen MR) is 211 cm³/mol. The molecule has 0 fully saturated rings. The lowest BCUT2D eigenvalue weighted by Gasteiger charge is -2.10. The third-order valence-electron chi connectivity index (χ3n) is 9.86. The summed E-state index contributed by atoms with van der Waals surface area (Å²) in [5.74, 6) is 1.86. The Morgan fingerprint density at radius 3 is 1.92 bits per heavy atom. The summed E-state index contributed by atoms with van der Waals surface area (Å²) in [5.41, 5.74) is 7.83.